The first-order valence-corrected chi connectivity index (χ1v) is 9.52. The molecule has 28 heavy (non-hydrogen) atoms. The number of nitrogens with one attached hydrogen (secondary N) is 1. The first kappa shape index (κ1) is 19.7. The molecule has 148 valence electrons. The lowest BCUT2D eigenvalue weighted by Gasteiger charge is -2.31. The molecule has 1 aliphatic rings. The number of benzene rings is 1. The lowest BCUT2D eigenvalue weighted by atomic mass is 9.96. The monoisotopic (exact) mass is 383 g/mol. The summed E-state index contributed by atoms with van der Waals surface area (Å²) in [6.07, 6.45) is 1.96. The number of piperidine rings is 1. The second-order valence-electron chi connectivity index (χ2n) is 7.16. The Morgan fingerprint density at radius 3 is 2.43 bits per heavy atom. The number of anilines is 2. The normalized spacial score (nSPS) is 14.8. The number of hydrogen-bond acceptors (Lipinski definition) is 6. The molecule has 8 heteroatoms. The van der Waals surface area contributed by atoms with E-state index in [1.54, 1.807) is 12.1 Å². The van der Waals surface area contributed by atoms with Crippen molar-refractivity contribution in [3.63, 3.8) is 0 Å². The maximum atomic E-state index is 12.6. The number of amides is 1. The van der Waals surface area contributed by atoms with Crippen LogP contribution in [0.25, 0.3) is 0 Å². The Morgan fingerprint density at radius 1 is 1.21 bits per heavy atom. The molecule has 1 N–H and O–H groups in total. The Hall–Kier alpha value is -3.03. The Bertz CT molecular complexity index is 871. The zero-order valence-corrected chi connectivity index (χ0v) is 16.4. The van der Waals surface area contributed by atoms with Crippen LogP contribution >= 0.6 is 0 Å². The molecule has 1 aromatic heterocycles. The Labute approximate surface area is 164 Å². The third kappa shape index (κ3) is 4.44. The molecule has 8 nitrogen and oxygen atoms in total. The molecular formula is C20H25N5O3. The van der Waals surface area contributed by atoms with Crippen LogP contribution in [0.15, 0.2) is 24.3 Å². The van der Waals surface area contributed by atoms with E-state index >= 15 is 0 Å². The van der Waals surface area contributed by atoms with E-state index in [9.17, 15) is 14.9 Å². The van der Waals surface area contributed by atoms with Crippen molar-refractivity contribution in [2.24, 2.45) is 5.92 Å². The summed E-state index contributed by atoms with van der Waals surface area (Å²) in [6, 6.07) is 6.80. The van der Waals surface area contributed by atoms with E-state index in [2.05, 4.69) is 20.2 Å². The summed E-state index contributed by atoms with van der Waals surface area (Å²) in [4.78, 5) is 34.5. The SMILES string of the molecule is CCc1ccc(NC(=O)C2CCN(c3nc(C)cc(C)n3)CC2)cc1[N+](=O)[O-]. The molecule has 2 heterocycles. The quantitative estimate of drug-likeness (QED) is 0.627. The van der Waals surface area contributed by atoms with Crippen molar-refractivity contribution in [3.05, 3.63) is 51.3 Å². The van der Waals surface area contributed by atoms with E-state index in [1.807, 2.05) is 26.8 Å². The van der Waals surface area contributed by atoms with Crippen LogP contribution in [0.3, 0.4) is 0 Å². The second-order valence-corrected chi connectivity index (χ2v) is 7.16. The van der Waals surface area contributed by atoms with Gasteiger partial charge in [-0.3, -0.25) is 14.9 Å². The van der Waals surface area contributed by atoms with Crippen molar-refractivity contribution < 1.29 is 9.72 Å². The number of hydrogen-bond donors (Lipinski definition) is 1. The summed E-state index contributed by atoms with van der Waals surface area (Å²) in [7, 11) is 0. The van der Waals surface area contributed by atoms with Gasteiger partial charge in [0.1, 0.15) is 0 Å². The molecule has 0 spiro atoms. The Kier molecular flexibility index (Phi) is 5.87. The van der Waals surface area contributed by atoms with E-state index in [0.29, 0.717) is 49.6 Å². The molecule has 1 aromatic carbocycles. The molecule has 0 radical (unpaired) electrons. The largest absolute Gasteiger partial charge is 0.341 e. The fourth-order valence-corrected chi connectivity index (χ4v) is 3.55. The van der Waals surface area contributed by atoms with Crippen LogP contribution in [-0.2, 0) is 11.2 Å². The van der Waals surface area contributed by atoms with Gasteiger partial charge in [0.25, 0.3) is 5.69 Å². The molecule has 1 fully saturated rings. The highest BCUT2D eigenvalue weighted by atomic mass is 16.6. The number of nitrogens with zero attached hydrogens (tertiary/aromatic N) is 4. The molecule has 0 saturated carbocycles. The predicted octanol–water partition coefficient (Wildman–Crippen LogP) is 3.42. The highest BCUT2D eigenvalue weighted by Crippen LogP contribution is 2.26. The van der Waals surface area contributed by atoms with E-state index in [-0.39, 0.29) is 17.5 Å². The average molecular weight is 383 g/mol. The van der Waals surface area contributed by atoms with Crippen molar-refractivity contribution in [2.75, 3.05) is 23.3 Å². The van der Waals surface area contributed by atoms with Crippen LogP contribution in [-0.4, -0.2) is 33.9 Å². The minimum absolute atomic E-state index is 0.0436. The Morgan fingerprint density at radius 2 is 1.86 bits per heavy atom. The van der Waals surface area contributed by atoms with Gasteiger partial charge in [0.2, 0.25) is 11.9 Å². The molecule has 0 bridgehead atoms. The van der Waals surface area contributed by atoms with Gasteiger partial charge in [0.05, 0.1) is 4.92 Å². The summed E-state index contributed by atoms with van der Waals surface area (Å²) in [5.74, 6) is 0.480. The van der Waals surface area contributed by atoms with Crippen molar-refractivity contribution in [1.29, 1.82) is 0 Å². The molecule has 1 saturated heterocycles. The molecule has 1 amide bonds. The van der Waals surface area contributed by atoms with Crippen molar-refractivity contribution in [1.82, 2.24) is 9.97 Å². The van der Waals surface area contributed by atoms with Gasteiger partial charge in [0, 0.05) is 47.7 Å². The maximum absolute atomic E-state index is 12.6. The number of rotatable bonds is 5. The van der Waals surface area contributed by atoms with Gasteiger partial charge in [-0.1, -0.05) is 13.0 Å². The van der Waals surface area contributed by atoms with Gasteiger partial charge in [0.15, 0.2) is 0 Å². The molecule has 2 aromatic rings. The summed E-state index contributed by atoms with van der Waals surface area (Å²) in [6.45, 7) is 7.17. The summed E-state index contributed by atoms with van der Waals surface area (Å²) in [5.41, 5.74) is 3.03. The third-order valence-corrected chi connectivity index (χ3v) is 5.05. The van der Waals surface area contributed by atoms with Gasteiger partial charge in [-0.2, -0.15) is 0 Å². The van der Waals surface area contributed by atoms with Gasteiger partial charge < -0.3 is 10.2 Å². The van der Waals surface area contributed by atoms with Gasteiger partial charge in [-0.15, -0.1) is 0 Å². The minimum atomic E-state index is -0.406. The molecular weight excluding hydrogens is 358 g/mol. The van der Waals surface area contributed by atoms with Gasteiger partial charge >= 0.3 is 0 Å². The summed E-state index contributed by atoms with van der Waals surface area (Å²) < 4.78 is 0. The molecule has 1 aliphatic heterocycles. The lowest BCUT2D eigenvalue weighted by Crippen LogP contribution is -2.39. The van der Waals surface area contributed by atoms with Crippen molar-refractivity contribution in [3.8, 4) is 0 Å². The number of aryl methyl sites for hydroxylation is 3. The van der Waals surface area contributed by atoms with E-state index in [4.69, 9.17) is 0 Å². The van der Waals surface area contributed by atoms with Crippen LogP contribution in [0.4, 0.5) is 17.3 Å². The smallest absolute Gasteiger partial charge is 0.274 e. The molecule has 0 aliphatic carbocycles. The summed E-state index contributed by atoms with van der Waals surface area (Å²) in [5, 5.41) is 14.1. The number of nitro benzene ring substituents is 1. The first-order chi connectivity index (χ1) is 13.4. The van der Waals surface area contributed by atoms with Crippen LogP contribution in [0, 0.1) is 29.9 Å². The molecule has 0 atom stereocenters. The van der Waals surface area contributed by atoms with Gasteiger partial charge in [-0.25, -0.2) is 9.97 Å². The standard InChI is InChI=1S/C20H25N5O3/c1-4-15-5-6-17(12-18(15)25(27)28)23-19(26)16-7-9-24(10-8-16)20-21-13(2)11-14(3)22-20/h5-6,11-12,16H,4,7-10H2,1-3H3,(H,23,26). The Balaban J connectivity index is 1.62. The minimum Gasteiger partial charge on any atom is -0.341 e. The van der Waals surface area contributed by atoms with Crippen LogP contribution in [0.1, 0.15) is 36.7 Å². The van der Waals surface area contributed by atoms with Crippen LogP contribution < -0.4 is 10.2 Å². The third-order valence-electron chi connectivity index (χ3n) is 5.05. The fourth-order valence-electron chi connectivity index (χ4n) is 3.55. The highest BCUT2D eigenvalue weighted by Gasteiger charge is 2.27. The maximum Gasteiger partial charge on any atom is 0.274 e. The number of carbonyl (C=O) groups excluding carboxylic acids is 1. The average Bonchev–Trinajstić information content (AvgIpc) is 2.67. The number of carbonyl (C=O) groups is 1. The van der Waals surface area contributed by atoms with Crippen LogP contribution in [0.2, 0.25) is 0 Å². The van der Waals surface area contributed by atoms with E-state index in [0.717, 1.165) is 11.4 Å². The van der Waals surface area contributed by atoms with Gasteiger partial charge in [-0.05, 0) is 45.2 Å². The van der Waals surface area contributed by atoms with E-state index in [1.165, 1.54) is 6.07 Å². The van der Waals surface area contributed by atoms with Crippen molar-refractivity contribution in [2.45, 2.75) is 40.0 Å². The second kappa shape index (κ2) is 8.33. The molecule has 0 unspecified atom stereocenters. The number of nitro groups is 1. The van der Waals surface area contributed by atoms with Crippen molar-refractivity contribution >= 4 is 23.2 Å². The zero-order valence-electron chi connectivity index (χ0n) is 16.4. The first-order valence-electron chi connectivity index (χ1n) is 9.52. The number of aromatic nitrogens is 2. The van der Waals surface area contributed by atoms with E-state index < -0.39 is 4.92 Å². The zero-order chi connectivity index (χ0) is 20.3. The fraction of sp³-hybridized carbons (Fsp3) is 0.450. The molecule has 3 rings (SSSR count). The highest BCUT2D eigenvalue weighted by molar-refractivity contribution is 5.93. The predicted molar refractivity (Wildman–Crippen MR) is 108 cm³/mol. The lowest BCUT2D eigenvalue weighted by molar-refractivity contribution is -0.385. The topological polar surface area (TPSA) is 101 Å². The summed E-state index contributed by atoms with van der Waals surface area (Å²) >= 11 is 0. The van der Waals surface area contributed by atoms with Crippen LogP contribution in [0.5, 0.6) is 0 Å².